The number of likely N-dealkylation sites (tertiary alicyclic amines) is 1. The van der Waals surface area contributed by atoms with Crippen LogP contribution in [0.15, 0.2) is 47.6 Å². The third kappa shape index (κ3) is 4.07. The van der Waals surface area contributed by atoms with E-state index in [0.717, 1.165) is 53.1 Å². The van der Waals surface area contributed by atoms with Crippen LogP contribution in [-0.4, -0.2) is 51.1 Å². The summed E-state index contributed by atoms with van der Waals surface area (Å²) in [5.74, 6) is 2.79. The van der Waals surface area contributed by atoms with Gasteiger partial charge in [0.1, 0.15) is 19.0 Å². The molecule has 3 heterocycles. The lowest BCUT2D eigenvalue weighted by molar-refractivity contribution is -0.129. The number of aromatic nitrogens is 3. The number of thioether (sulfide) groups is 1. The quantitative estimate of drug-likeness (QED) is 0.545. The van der Waals surface area contributed by atoms with Gasteiger partial charge in [-0.1, -0.05) is 35.5 Å². The molecule has 7 nitrogen and oxygen atoms in total. The van der Waals surface area contributed by atoms with Gasteiger partial charge in [-0.05, 0) is 56.5 Å². The molecule has 2 aliphatic heterocycles. The second-order valence-electron chi connectivity index (χ2n) is 8.14. The molecule has 1 saturated heterocycles. The summed E-state index contributed by atoms with van der Waals surface area (Å²) in [6.07, 6.45) is 1.95. The highest BCUT2D eigenvalue weighted by Gasteiger charge is 2.31. The van der Waals surface area contributed by atoms with Crippen LogP contribution in [0.4, 0.5) is 0 Å². The molecule has 5 rings (SSSR count). The number of hydrogen-bond donors (Lipinski definition) is 0. The van der Waals surface area contributed by atoms with Gasteiger partial charge >= 0.3 is 0 Å². The molecule has 1 amide bonds. The van der Waals surface area contributed by atoms with E-state index in [0.29, 0.717) is 19.0 Å². The third-order valence-corrected chi connectivity index (χ3v) is 6.85. The van der Waals surface area contributed by atoms with Crippen LogP contribution in [0, 0.1) is 13.8 Å². The molecule has 0 saturated carbocycles. The maximum Gasteiger partial charge on any atom is 0.233 e. The van der Waals surface area contributed by atoms with Crippen LogP contribution in [-0.2, 0) is 4.79 Å². The van der Waals surface area contributed by atoms with Crippen molar-refractivity contribution in [3.05, 3.63) is 59.4 Å². The summed E-state index contributed by atoms with van der Waals surface area (Å²) in [4.78, 5) is 15.2. The molecule has 0 radical (unpaired) electrons. The lowest BCUT2D eigenvalue weighted by Crippen LogP contribution is -2.32. The van der Waals surface area contributed by atoms with Gasteiger partial charge in [-0.2, -0.15) is 0 Å². The molecule has 1 aromatic heterocycles. The van der Waals surface area contributed by atoms with Crippen molar-refractivity contribution >= 4 is 17.7 Å². The maximum atomic E-state index is 13.2. The molecule has 0 aliphatic carbocycles. The van der Waals surface area contributed by atoms with Crippen LogP contribution >= 0.6 is 11.8 Å². The largest absolute Gasteiger partial charge is 0.486 e. The van der Waals surface area contributed by atoms with Gasteiger partial charge in [0.2, 0.25) is 5.91 Å². The molecule has 1 fully saturated rings. The zero-order valence-corrected chi connectivity index (χ0v) is 19.1. The first-order chi connectivity index (χ1) is 15.6. The van der Waals surface area contributed by atoms with E-state index in [1.165, 1.54) is 17.3 Å². The molecule has 1 atom stereocenters. The molecule has 3 aromatic rings. The van der Waals surface area contributed by atoms with Gasteiger partial charge in [0.15, 0.2) is 16.7 Å². The lowest BCUT2D eigenvalue weighted by Gasteiger charge is -2.26. The van der Waals surface area contributed by atoms with E-state index in [9.17, 15) is 4.79 Å². The summed E-state index contributed by atoms with van der Waals surface area (Å²) < 4.78 is 13.4. The summed E-state index contributed by atoms with van der Waals surface area (Å²) in [6.45, 7) is 5.89. The Hall–Kier alpha value is -3.00. The van der Waals surface area contributed by atoms with E-state index in [4.69, 9.17) is 9.47 Å². The number of rotatable bonds is 5. The van der Waals surface area contributed by atoms with Crippen LogP contribution in [0.2, 0.25) is 0 Å². The Morgan fingerprint density at radius 3 is 2.66 bits per heavy atom. The first kappa shape index (κ1) is 20.9. The molecule has 2 aliphatic rings. The van der Waals surface area contributed by atoms with Crippen LogP contribution in [0.3, 0.4) is 0 Å². The summed E-state index contributed by atoms with van der Waals surface area (Å²) >= 11 is 1.44. The fourth-order valence-electron chi connectivity index (χ4n) is 4.32. The van der Waals surface area contributed by atoms with E-state index in [-0.39, 0.29) is 11.9 Å². The monoisotopic (exact) mass is 450 g/mol. The number of benzene rings is 2. The van der Waals surface area contributed by atoms with Crippen LogP contribution in [0.25, 0.3) is 5.69 Å². The van der Waals surface area contributed by atoms with Crippen LogP contribution < -0.4 is 9.47 Å². The Kier molecular flexibility index (Phi) is 5.78. The standard InChI is InChI=1S/C24H26N4O3S/c1-16-5-8-19(9-6-16)28-17(2)25-26-24(28)32-15-23(29)27-11-3-4-20(27)18-7-10-21-22(14-18)31-13-12-30-21/h5-10,14,20H,3-4,11-13,15H2,1-2H3. The molecule has 0 bridgehead atoms. The average Bonchev–Trinajstić information content (AvgIpc) is 3.45. The second-order valence-corrected chi connectivity index (χ2v) is 9.08. The topological polar surface area (TPSA) is 69.5 Å². The number of carbonyl (C=O) groups excluding carboxylic acids is 1. The van der Waals surface area contributed by atoms with E-state index < -0.39 is 0 Å². The van der Waals surface area contributed by atoms with Gasteiger partial charge in [-0.3, -0.25) is 9.36 Å². The molecular weight excluding hydrogens is 424 g/mol. The molecule has 8 heteroatoms. The SMILES string of the molecule is Cc1ccc(-n2c(C)nnc2SCC(=O)N2CCCC2c2ccc3c(c2)OCCO3)cc1. The zero-order chi connectivity index (χ0) is 22.1. The number of ether oxygens (including phenoxy) is 2. The van der Waals surface area contributed by atoms with Gasteiger partial charge in [0.25, 0.3) is 0 Å². The Balaban J connectivity index is 1.30. The average molecular weight is 451 g/mol. The van der Waals surface area contributed by atoms with Gasteiger partial charge in [-0.15, -0.1) is 10.2 Å². The highest BCUT2D eigenvalue weighted by atomic mass is 32.2. The van der Waals surface area contributed by atoms with Crippen LogP contribution in [0.5, 0.6) is 11.5 Å². The Morgan fingerprint density at radius 1 is 1.06 bits per heavy atom. The summed E-state index contributed by atoms with van der Waals surface area (Å²) in [7, 11) is 0. The van der Waals surface area contributed by atoms with Crippen LogP contribution in [0.1, 0.15) is 35.8 Å². The Morgan fingerprint density at radius 2 is 1.84 bits per heavy atom. The third-order valence-electron chi connectivity index (χ3n) is 5.94. The highest BCUT2D eigenvalue weighted by molar-refractivity contribution is 7.99. The number of nitrogens with zero attached hydrogens (tertiary/aromatic N) is 4. The lowest BCUT2D eigenvalue weighted by atomic mass is 10.0. The predicted molar refractivity (Wildman–Crippen MR) is 123 cm³/mol. The van der Waals surface area contributed by atoms with E-state index in [1.807, 2.05) is 34.6 Å². The minimum Gasteiger partial charge on any atom is -0.486 e. The number of hydrogen-bond acceptors (Lipinski definition) is 6. The molecule has 0 N–H and O–H groups in total. The fourth-order valence-corrected chi connectivity index (χ4v) is 5.20. The highest BCUT2D eigenvalue weighted by Crippen LogP contribution is 2.38. The van der Waals surface area contributed by atoms with Crippen molar-refractivity contribution in [1.82, 2.24) is 19.7 Å². The summed E-state index contributed by atoms with van der Waals surface area (Å²) in [5.41, 5.74) is 3.30. The first-order valence-electron chi connectivity index (χ1n) is 10.9. The van der Waals surface area contributed by atoms with E-state index in [2.05, 4.69) is 41.4 Å². The maximum absolute atomic E-state index is 13.2. The number of amides is 1. The normalized spacial score (nSPS) is 17.6. The van der Waals surface area contributed by atoms with Gasteiger partial charge in [0.05, 0.1) is 11.8 Å². The van der Waals surface area contributed by atoms with Crippen molar-refractivity contribution in [3.63, 3.8) is 0 Å². The van der Waals surface area contributed by atoms with Gasteiger partial charge < -0.3 is 14.4 Å². The molecule has 2 aromatic carbocycles. The molecule has 1 unspecified atom stereocenters. The minimum absolute atomic E-state index is 0.0654. The van der Waals surface area contributed by atoms with Crippen molar-refractivity contribution in [2.24, 2.45) is 0 Å². The summed E-state index contributed by atoms with van der Waals surface area (Å²) in [6, 6.07) is 14.3. The van der Waals surface area contributed by atoms with Gasteiger partial charge in [0, 0.05) is 12.2 Å². The zero-order valence-electron chi connectivity index (χ0n) is 18.3. The number of fused-ring (bicyclic) bond motifs is 1. The van der Waals surface area contributed by atoms with Gasteiger partial charge in [-0.25, -0.2) is 0 Å². The number of carbonyl (C=O) groups is 1. The molecule has 32 heavy (non-hydrogen) atoms. The minimum atomic E-state index is 0.0654. The number of aryl methyl sites for hydroxylation is 2. The van der Waals surface area contributed by atoms with E-state index >= 15 is 0 Å². The van der Waals surface area contributed by atoms with E-state index in [1.54, 1.807) is 0 Å². The molecule has 166 valence electrons. The van der Waals surface area contributed by atoms with Crippen molar-refractivity contribution in [3.8, 4) is 17.2 Å². The Labute approximate surface area is 191 Å². The smallest absolute Gasteiger partial charge is 0.233 e. The van der Waals surface area contributed by atoms with Crippen molar-refractivity contribution < 1.29 is 14.3 Å². The second kappa shape index (κ2) is 8.86. The first-order valence-corrected chi connectivity index (χ1v) is 11.9. The predicted octanol–water partition coefficient (Wildman–Crippen LogP) is 4.11. The van der Waals surface area contributed by atoms with Crippen molar-refractivity contribution in [2.75, 3.05) is 25.5 Å². The van der Waals surface area contributed by atoms with Crippen molar-refractivity contribution in [1.29, 1.82) is 0 Å². The Bertz CT molecular complexity index is 1130. The van der Waals surface area contributed by atoms with Crippen molar-refractivity contribution in [2.45, 2.75) is 37.9 Å². The summed E-state index contributed by atoms with van der Waals surface area (Å²) in [5, 5.41) is 9.28. The fraction of sp³-hybridized carbons (Fsp3) is 0.375. The molecular formula is C24H26N4O3S. The molecule has 0 spiro atoms.